The van der Waals surface area contributed by atoms with Gasteiger partial charge in [-0.25, -0.2) is 0 Å². The van der Waals surface area contributed by atoms with Gasteiger partial charge in [-0.3, -0.25) is 9.55 Å². The fraction of sp³-hybridized carbons (Fsp3) is 0.350. The summed E-state index contributed by atoms with van der Waals surface area (Å²) in [6.45, 7) is 5.93. The minimum Gasteiger partial charge on any atom is -0.494 e. The third-order valence-electron chi connectivity index (χ3n) is 5.78. The molecule has 2 atom stereocenters. The molecule has 2 aromatic heterocycles. The average Bonchev–Trinajstić information content (AvgIpc) is 3.11. The number of aromatic nitrogens is 2. The second-order valence-corrected chi connectivity index (χ2v) is 7.63. The molecular weight excluding hydrogens is 316 g/mol. The van der Waals surface area contributed by atoms with Crippen LogP contribution in [0.1, 0.15) is 43.5 Å². The highest BCUT2D eigenvalue weighted by molar-refractivity contribution is 5.81. The summed E-state index contributed by atoms with van der Waals surface area (Å²) >= 11 is 0. The Hall–Kier alpha value is -2.53. The Bertz CT molecular complexity index is 1020. The number of benzene rings is 1. The lowest BCUT2D eigenvalue weighted by Crippen LogP contribution is -2.17. The highest BCUT2D eigenvalue weighted by Crippen LogP contribution is 2.64. The van der Waals surface area contributed by atoms with Crippen LogP contribution in [0, 0.1) is 6.92 Å². The zero-order valence-electron chi connectivity index (χ0n) is 14.5. The number of aromatic hydroxyl groups is 2. The highest BCUT2D eigenvalue weighted by atomic mass is 16.5. The van der Waals surface area contributed by atoms with Crippen molar-refractivity contribution in [2.45, 2.75) is 44.8 Å². The number of rotatable bonds is 1. The Morgan fingerprint density at radius 1 is 1.00 bits per heavy atom. The van der Waals surface area contributed by atoms with E-state index in [2.05, 4.69) is 4.98 Å². The summed E-state index contributed by atoms with van der Waals surface area (Å²) in [5, 5.41) is 22.8. The van der Waals surface area contributed by atoms with Gasteiger partial charge in [0.15, 0.2) is 0 Å². The van der Waals surface area contributed by atoms with E-state index in [-0.39, 0.29) is 11.8 Å². The maximum absolute atomic E-state index is 10.9. The van der Waals surface area contributed by atoms with Gasteiger partial charge in [-0.15, -0.1) is 0 Å². The number of hydrogen-bond acceptors (Lipinski definition) is 4. The van der Waals surface area contributed by atoms with Gasteiger partial charge in [-0.2, -0.15) is 0 Å². The maximum atomic E-state index is 10.9. The minimum absolute atomic E-state index is 0.0674. The smallest absolute Gasteiger partial charge is 0.205 e. The van der Waals surface area contributed by atoms with Gasteiger partial charge in [-0.1, -0.05) is 6.07 Å². The predicted molar refractivity (Wildman–Crippen MR) is 94.2 cm³/mol. The third-order valence-corrected chi connectivity index (χ3v) is 5.78. The van der Waals surface area contributed by atoms with Crippen LogP contribution in [-0.4, -0.2) is 19.8 Å². The van der Waals surface area contributed by atoms with Crippen molar-refractivity contribution in [1.82, 2.24) is 9.55 Å². The third kappa shape index (κ3) is 1.74. The van der Waals surface area contributed by atoms with Crippen LogP contribution in [0.5, 0.6) is 11.8 Å². The minimum atomic E-state index is -0.535. The lowest BCUT2D eigenvalue weighted by Gasteiger charge is -2.21. The van der Waals surface area contributed by atoms with E-state index in [4.69, 9.17) is 4.74 Å². The van der Waals surface area contributed by atoms with Gasteiger partial charge in [0, 0.05) is 11.1 Å². The quantitative estimate of drug-likeness (QED) is 0.705. The molecule has 5 nitrogen and oxygen atoms in total. The summed E-state index contributed by atoms with van der Waals surface area (Å²) in [6, 6.07) is 9.68. The fourth-order valence-electron chi connectivity index (χ4n) is 4.58. The van der Waals surface area contributed by atoms with Crippen LogP contribution >= 0.6 is 0 Å². The van der Waals surface area contributed by atoms with Crippen LogP contribution in [0.2, 0.25) is 0 Å². The number of fused-ring (bicyclic) bond motifs is 6. The van der Waals surface area contributed by atoms with Crippen molar-refractivity contribution in [3.05, 3.63) is 47.2 Å². The number of pyridine rings is 1. The van der Waals surface area contributed by atoms with Crippen molar-refractivity contribution >= 4 is 10.9 Å². The monoisotopic (exact) mass is 336 g/mol. The van der Waals surface area contributed by atoms with Crippen LogP contribution in [0.3, 0.4) is 0 Å². The van der Waals surface area contributed by atoms with Crippen molar-refractivity contribution in [3.63, 3.8) is 0 Å². The van der Waals surface area contributed by atoms with Crippen LogP contribution in [0.15, 0.2) is 30.3 Å². The largest absolute Gasteiger partial charge is 0.494 e. The number of nitrogens with zero attached hydrogens (tertiary/aromatic N) is 2. The zero-order valence-corrected chi connectivity index (χ0v) is 14.5. The van der Waals surface area contributed by atoms with Crippen molar-refractivity contribution in [1.29, 1.82) is 0 Å². The molecule has 0 radical (unpaired) electrons. The molecule has 25 heavy (non-hydrogen) atoms. The highest BCUT2D eigenvalue weighted by Gasteiger charge is 2.59. The summed E-state index contributed by atoms with van der Waals surface area (Å²) in [5.41, 5.74) is 2.94. The molecule has 0 spiro atoms. The van der Waals surface area contributed by atoms with E-state index in [1.54, 1.807) is 0 Å². The van der Waals surface area contributed by atoms with Gasteiger partial charge >= 0.3 is 0 Å². The molecule has 5 heteroatoms. The van der Waals surface area contributed by atoms with E-state index in [9.17, 15) is 10.2 Å². The van der Waals surface area contributed by atoms with Crippen molar-refractivity contribution in [2.75, 3.05) is 0 Å². The Labute approximate surface area is 145 Å². The first-order valence-electron chi connectivity index (χ1n) is 8.58. The van der Waals surface area contributed by atoms with Crippen LogP contribution < -0.4 is 0 Å². The predicted octanol–water partition coefficient (Wildman–Crippen LogP) is 4.00. The Morgan fingerprint density at radius 2 is 1.64 bits per heavy atom. The first-order valence-corrected chi connectivity index (χ1v) is 8.58. The topological polar surface area (TPSA) is 67.5 Å². The molecule has 0 amide bonds. The lowest BCUT2D eigenvalue weighted by atomic mass is 9.80. The average molecular weight is 336 g/mol. The molecule has 1 aromatic carbocycles. The molecule has 128 valence electrons. The summed E-state index contributed by atoms with van der Waals surface area (Å²) in [6.07, 6.45) is 1.68. The van der Waals surface area contributed by atoms with E-state index in [1.165, 1.54) is 4.57 Å². The van der Waals surface area contributed by atoms with Gasteiger partial charge in [0.1, 0.15) is 0 Å². The summed E-state index contributed by atoms with van der Waals surface area (Å²) in [4.78, 5) is 4.51. The fourth-order valence-corrected chi connectivity index (χ4v) is 4.58. The molecular formula is C20H20N2O3. The molecule has 2 aliphatic rings. The van der Waals surface area contributed by atoms with Gasteiger partial charge in [0.05, 0.1) is 33.5 Å². The molecule has 5 rings (SSSR count). The molecule has 2 N–H and O–H groups in total. The molecule has 1 saturated heterocycles. The van der Waals surface area contributed by atoms with Crippen LogP contribution in [0.4, 0.5) is 0 Å². The first kappa shape index (κ1) is 14.8. The lowest BCUT2D eigenvalue weighted by molar-refractivity contribution is -0.0683. The van der Waals surface area contributed by atoms with Crippen molar-refractivity contribution in [2.24, 2.45) is 0 Å². The van der Waals surface area contributed by atoms with Crippen molar-refractivity contribution in [3.8, 4) is 17.4 Å². The zero-order chi connectivity index (χ0) is 17.6. The number of hydrogen-bond donors (Lipinski definition) is 2. The number of aryl methyl sites for hydroxylation is 1. The van der Waals surface area contributed by atoms with E-state index in [0.717, 1.165) is 40.6 Å². The van der Waals surface area contributed by atoms with E-state index in [0.29, 0.717) is 5.69 Å². The molecule has 0 saturated carbocycles. The summed E-state index contributed by atoms with van der Waals surface area (Å²) in [7, 11) is 0. The molecule has 0 aliphatic carbocycles. The Morgan fingerprint density at radius 3 is 2.28 bits per heavy atom. The van der Waals surface area contributed by atoms with Crippen LogP contribution in [-0.2, 0) is 15.9 Å². The van der Waals surface area contributed by atoms with Crippen LogP contribution in [0.25, 0.3) is 16.6 Å². The second-order valence-electron chi connectivity index (χ2n) is 7.63. The molecule has 2 aliphatic heterocycles. The van der Waals surface area contributed by atoms with E-state index >= 15 is 0 Å². The second kappa shape index (κ2) is 4.35. The molecule has 0 unspecified atom stereocenters. The number of ether oxygens (including phenoxy) is 1. The first-order chi connectivity index (χ1) is 11.8. The standard InChI is InChI=1S/C20H20N2O3/c1-11-4-5-12-10-13(6-7-14(12)21-11)22-17(23)15-16(18(22)24)20(3)9-8-19(15,2)25-20/h4-7,10,23-24H,8-9H2,1-3H3/t19-,20+. The maximum Gasteiger partial charge on any atom is 0.205 e. The molecule has 3 aromatic rings. The molecule has 1 fully saturated rings. The van der Waals surface area contributed by atoms with E-state index in [1.807, 2.05) is 51.1 Å². The van der Waals surface area contributed by atoms with Gasteiger partial charge in [-0.05, 0) is 57.9 Å². The molecule has 4 heterocycles. The van der Waals surface area contributed by atoms with Crippen molar-refractivity contribution < 1.29 is 14.9 Å². The molecule has 2 bridgehead atoms. The van der Waals surface area contributed by atoms with Gasteiger partial charge < -0.3 is 14.9 Å². The SMILES string of the molecule is Cc1ccc2cc(-n3c(O)c4c(c3O)[C@]3(C)CC[C@@]4(C)O3)ccc2n1. The summed E-state index contributed by atoms with van der Waals surface area (Å²) < 4.78 is 7.67. The Kier molecular flexibility index (Phi) is 2.57. The van der Waals surface area contributed by atoms with Gasteiger partial charge in [0.25, 0.3) is 0 Å². The van der Waals surface area contributed by atoms with Gasteiger partial charge in [0.2, 0.25) is 11.8 Å². The Balaban J connectivity index is 1.76. The van der Waals surface area contributed by atoms with E-state index < -0.39 is 11.2 Å². The normalized spacial score (nSPS) is 27.2. The summed E-state index contributed by atoms with van der Waals surface area (Å²) in [5.74, 6) is 0.135.